The molecule has 29 heavy (non-hydrogen) atoms. The molecule has 0 spiro atoms. The summed E-state index contributed by atoms with van der Waals surface area (Å²) in [6.07, 6.45) is -1.08. The minimum atomic E-state index is -1.09. The van der Waals surface area contributed by atoms with Crippen LogP contribution < -0.4 is 9.47 Å². The van der Waals surface area contributed by atoms with Crippen LogP contribution in [0.1, 0.15) is 20.3 Å². The number of rotatable bonds is 9. The molecule has 0 aliphatic carbocycles. The highest BCUT2D eigenvalue weighted by atomic mass is 16.6. The fraction of sp³-hybridized carbons (Fsp3) is 0.217. The molecule has 0 bridgehead atoms. The molecule has 0 radical (unpaired) electrons. The molecule has 2 aromatic rings. The van der Waals surface area contributed by atoms with Gasteiger partial charge in [-0.1, -0.05) is 37.4 Å². The van der Waals surface area contributed by atoms with Gasteiger partial charge in [0, 0.05) is 5.57 Å². The molecule has 0 amide bonds. The van der Waals surface area contributed by atoms with Crippen molar-refractivity contribution in [2.75, 3.05) is 6.61 Å². The van der Waals surface area contributed by atoms with Crippen LogP contribution in [0.2, 0.25) is 0 Å². The molecule has 2 rings (SSSR count). The largest absolute Gasteiger partial charge is 0.426 e. The Morgan fingerprint density at radius 2 is 1.38 bits per heavy atom. The molecule has 6 heteroatoms. The Morgan fingerprint density at radius 3 is 1.83 bits per heavy atom. The number of benzene rings is 2. The Balaban J connectivity index is 1.89. The van der Waals surface area contributed by atoms with Gasteiger partial charge in [-0.3, -0.25) is 4.79 Å². The van der Waals surface area contributed by atoms with Gasteiger partial charge < -0.3 is 19.3 Å². The van der Waals surface area contributed by atoms with Gasteiger partial charge in [-0.15, -0.1) is 0 Å². The zero-order valence-corrected chi connectivity index (χ0v) is 16.5. The average Bonchev–Trinajstić information content (AvgIpc) is 2.69. The van der Waals surface area contributed by atoms with E-state index in [-0.39, 0.29) is 13.0 Å². The van der Waals surface area contributed by atoms with Crippen molar-refractivity contribution >= 4 is 11.9 Å². The molecule has 0 saturated heterocycles. The van der Waals surface area contributed by atoms with E-state index in [9.17, 15) is 14.7 Å². The summed E-state index contributed by atoms with van der Waals surface area (Å²) in [5.41, 5.74) is 2.63. The van der Waals surface area contributed by atoms with Crippen LogP contribution in [-0.4, -0.2) is 29.9 Å². The number of aliphatic hydroxyl groups is 1. The lowest BCUT2D eigenvalue weighted by molar-refractivity contribution is -0.138. The third kappa shape index (κ3) is 7.03. The zero-order chi connectivity index (χ0) is 21.4. The SMILES string of the molecule is C=C(C)C(=O)Oc1ccc(-c2ccc(OC(=O)CCOC(O)C(=C)C)cc2)cc1. The van der Waals surface area contributed by atoms with E-state index >= 15 is 0 Å². The van der Waals surface area contributed by atoms with E-state index in [1.165, 1.54) is 0 Å². The van der Waals surface area contributed by atoms with Gasteiger partial charge >= 0.3 is 11.9 Å². The predicted octanol–water partition coefficient (Wildman–Crippen LogP) is 4.04. The third-order valence-corrected chi connectivity index (χ3v) is 3.84. The molecular formula is C23H24O6. The van der Waals surface area contributed by atoms with Gasteiger partial charge in [0.15, 0.2) is 6.29 Å². The predicted molar refractivity (Wildman–Crippen MR) is 109 cm³/mol. The van der Waals surface area contributed by atoms with Crippen LogP contribution in [-0.2, 0) is 14.3 Å². The molecule has 1 atom stereocenters. The van der Waals surface area contributed by atoms with E-state index in [0.717, 1.165) is 11.1 Å². The van der Waals surface area contributed by atoms with Crippen LogP contribution in [0.3, 0.4) is 0 Å². The molecule has 152 valence electrons. The van der Waals surface area contributed by atoms with Crippen molar-refractivity contribution in [2.24, 2.45) is 0 Å². The van der Waals surface area contributed by atoms with Crippen LogP contribution in [0.5, 0.6) is 11.5 Å². The first-order chi connectivity index (χ1) is 13.8. The topological polar surface area (TPSA) is 82.1 Å². The Labute approximate surface area is 170 Å². The van der Waals surface area contributed by atoms with Crippen LogP contribution in [0.15, 0.2) is 72.8 Å². The van der Waals surface area contributed by atoms with Crippen molar-refractivity contribution in [3.63, 3.8) is 0 Å². The van der Waals surface area contributed by atoms with Gasteiger partial charge in [-0.25, -0.2) is 4.79 Å². The molecule has 6 nitrogen and oxygen atoms in total. The van der Waals surface area contributed by atoms with Crippen molar-refractivity contribution < 1.29 is 28.9 Å². The maximum Gasteiger partial charge on any atom is 0.338 e. The summed E-state index contributed by atoms with van der Waals surface area (Å²) in [5.74, 6) is -0.0868. The normalized spacial score (nSPS) is 11.4. The fourth-order valence-electron chi connectivity index (χ4n) is 2.20. The summed E-state index contributed by atoms with van der Waals surface area (Å²) in [5, 5.41) is 9.45. The summed E-state index contributed by atoms with van der Waals surface area (Å²) in [7, 11) is 0. The van der Waals surface area contributed by atoms with Crippen molar-refractivity contribution in [1.29, 1.82) is 0 Å². The highest BCUT2D eigenvalue weighted by molar-refractivity contribution is 5.88. The molecule has 0 aliphatic rings. The molecule has 1 N–H and O–H groups in total. The number of hydrogen-bond acceptors (Lipinski definition) is 6. The summed E-state index contributed by atoms with van der Waals surface area (Å²) < 4.78 is 15.5. The number of carbonyl (C=O) groups excluding carboxylic acids is 2. The van der Waals surface area contributed by atoms with Crippen LogP contribution in [0, 0.1) is 0 Å². The third-order valence-electron chi connectivity index (χ3n) is 3.84. The lowest BCUT2D eigenvalue weighted by Gasteiger charge is -2.11. The average molecular weight is 396 g/mol. The Bertz CT molecular complexity index is 881. The van der Waals surface area contributed by atoms with Crippen LogP contribution in [0.25, 0.3) is 11.1 Å². The van der Waals surface area contributed by atoms with Crippen molar-refractivity contribution in [1.82, 2.24) is 0 Å². The van der Waals surface area contributed by atoms with E-state index in [4.69, 9.17) is 14.2 Å². The zero-order valence-electron chi connectivity index (χ0n) is 16.5. The monoisotopic (exact) mass is 396 g/mol. The van der Waals surface area contributed by atoms with Crippen LogP contribution in [0.4, 0.5) is 0 Å². The summed E-state index contributed by atoms with van der Waals surface area (Å²) in [4.78, 5) is 23.4. The number of aliphatic hydroxyl groups excluding tert-OH is 1. The second kappa shape index (κ2) is 10.4. The standard InChI is InChI=1S/C23H24O6/c1-15(2)22(25)27-14-13-21(24)28-19-9-5-17(6-10-19)18-7-11-20(12-8-18)29-23(26)16(3)4/h5-12,22,25H,1,3,13-14H2,2,4H3. The molecule has 0 fully saturated rings. The molecular weight excluding hydrogens is 372 g/mol. The van der Waals surface area contributed by atoms with Gasteiger partial charge in [-0.2, -0.15) is 0 Å². The van der Waals surface area contributed by atoms with E-state index in [1.54, 1.807) is 38.1 Å². The summed E-state index contributed by atoms with van der Waals surface area (Å²) >= 11 is 0. The van der Waals surface area contributed by atoms with Gasteiger partial charge in [0.05, 0.1) is 13.0 Å². The minimum absolute atomic E-state index is 0.0104. The first kappa shape index (κ1) is 22.1. The first-order valence-electron chi connectivity index (χ1n) is 9.00. The second-order valence-corrected chi connectivity index (χ2v) is 6.51. The second-order valence-electron chi connectivity index (χ2n) is 6.51. The van der Waals surface area contributed by atoms with Gasteiger partial charge in [0.1, 0.15) is 11.5 Å². The Hall–Kier alpha value is -3.22. The summed E-state index contributed by atoms with van der Waals surface area (Å²) in [6, 6.07) is 14.1. The van der Waals surface area contributed by atoms with E-state index < -0.39 is 18.2 Å². The van der Waals surface area contributed by atoms with Gasteiger partial charge in [0.2, 0.25) is 0 Å². The highest BCUT2D eigenvalue weighted by Gasteiger charge is 2.09. The summed E-state index contributed by atoms with van der Waals surface area (Å²) in [6.45, 7) is 10.4. The van der Waals surface area contributed by atoms with Gasteiger partial charge in [0.25, 0.3) is 0 Å². The van der Waals surface area contributed by atoms with Crippen molar-refractivity contribution in [2.45, 2.75) is 26.6 Å². The maximum atomic E-state index is 11.8. The lowest BCUT2D eigenvalue weighted by Crippen LogP contribution is -2.17. The first-order valence-corrected chi connectivity index (χ1v) is 9.00. The smallest absolute Gasteiger partial charge is 0.338 e. The number of hydrogen-bond donors (Lipinski definition) is 1. The lowest BCUT2D eigenvalue weighted by atomic mass is 10.1. The molecule has 0 aliphatic heterocycles. The Kier molecular flexibility index (Phi) is 7.88. The molecule has 0 saturated carbocycles. The van der Waals surface area contributed by atoms with Crippen LogP contribution >= 0.6 is 0 Å². The van der Waals surface area contributed by atoms with E-state index in [1.807, 2.05) is 24.3 Å². The molecule has 0 heterocycles. The van der Waals surface area contributed by atoms with E-state index in [2.05, 4.69) is 13.2 Å². The number of carbonyl (C=O) groups is 2. The molecule has 0 aromatic heterocycles. The van der Waals surface area contributed by atoms with Crippen molar-refractivity contribution in [3.8, 4) is 22.6 Å². The highest BCUT2D eigenvalue weighted by Crippen LogP contribution is 2.25. The number of esters is 2. The fourth-order valence-corrected chi connectivity index (χ4v) is 2.20. The molecule has 2 aromatic carbocycles. The number of ether oxygens (including phenoxy) is 3. The molecule has 1 unspecified atom stereocenters. The van der Waals surface area contributed by atoms with Crippen molar-refractivity contribution in [3.05, 3.63) is 72.8 Å². The maximum absolute atomic E-state index is 11.8. The quantitative estimate of drug-likeness (QED) is 0.226. The Morgan fingerprint density at radius 1 is 0.897 bits per heavy atom. The van der Waals surface area contributed by atoms with E-state index in [0.29, 0.717) is 22.6 Å². The minimum Gasteiger partial charge on any atom is -0.426 e. The van der Waals surface area contributed by atoms with Gasteiger partial charge in [-0.05, 0) is 54.8 Å².